The number of piperidine rings is 1. The van der Waals surface area contributed by atoms with Crippen LogP contribution in [-0.4, -0.2) is 29.3 Å². The van der Waals surface area contributed by atoms with Crippen LogP contribution < -0.4 is 10.6 Å². The zero-order chi connectivity index (χ0) is 14.9. The number of nitrogens with two attached hydrogens (primary N) is 1. The molecule has 4 nitrogen and oxygen atoms in total. The molecule has 1 saturated heterocycles. The summed E-state index contributed by atoms with van der Waals surface area (Å²) >= 11 is 0. The van der Waals surface area contributed by atoms with Gasteiger partial charge in [-0.2, -0.15) is 13.2 Å². The van der Waals surface area contributed by atoms with Crippen LogP contribution in [0.3, 0.4) is 0 Å². The van der Waals surface area contributed by atoms with Crippen LogP contribution >= 0.6 is 0 Å². The lowest BCUT2D eigenvalue weighted by Gasteiger charge is -2.36. The van der Waals surface area contributed by atoms with E-state index < -0.39 is 18.0 Å². The molecule has 2 rings (SSSR count). The van der Waals surface area contributed by atoms with Gasteiger partial charge in [0.25, 0.3) is 0 Å². The van der Waals surface area contributed by atoms with Crippen molar-refractivity contribution in [2.24, 2.45) is 11.7 Å². The lowest BCUT2D eigenvalue weighted by Crippen LogP contribution is -2.44. The van der Waals surface area contributed by atoms with Gasteiger partial charge in [-0.05, 0) is 18.4 Å². The van der Waals surface area contributed by atoms with E-state index in [1.54, 1.807) is 4.90 Å². The van der Waals surface area contributed by atoms with Crippen molar-refractivity contribution in [2.45, 2.75) is 32.2 Å². The molecule has 0 amide bonds. The number of pyridine rings is 1. The number of rotatable bonds is 2. The first kappa shape index (κ1) is 15.1. The third-order valence-corrected chi connectivity index (χ3v) is 3.68. The van der Waals surface area contributed by atoms with Crippen molar-refractivity contribution in [1.82, 2.24) is 4.98 Å². The van der Waals surface area contributed by atoms with Crippen molar-refractivity contribution in [1.29, 1.82) is 0 Å². The molecule has 0 saturated carbocycles. The number of aromatic nitrogens is 1. The largest absolute Gasteiger partial charge is 0.433 e. The minimum absolute atomic E-state index is 0.114. The molecule has 2 unspecified atom stereocenters. The Kier molecular flexibility index (Phi) is 4.19. The average Bonchev–Trinajstić information content (AvgIpc) is 2.40. The minimum Gasteiger partial charge on any atom is -0.391 e. The maximum atomic E-state index is 12.7. The first-order valence-electron chi connectivity index (χ1n) is 6.53. The highest BCUT2D eigenvalue weighted by atomic mass is 19.4. The molecule has 1 aromatic rings. The van der Waals surface area contributed by atoms with Crippen LogP contribution in [0, 0.1) is 5.92 Å². The van der Waals surface area contributed by atoms with E-state index in [-0.39, 0.29) is 24.8 Å². The Morgan fingerprint density at radius 3 is 2.70 bits per heavy atom. The van der Waals surface area contributed by atoms with Gasteiger partial charge in [0.2, 0.25) is 0 Å². The fraction of sp³-hybridized carbons (Fsp3) is 0.615. The molecule has 112 valence electrons. The van der Waals surface area contributed by atoms with Crippen molar-refractivity contribution < 1.29 is 18.3 Å². The van der Waals surface area contributed by atoms with E-state index in [9.17, 15) is 18.3 Å². The number of halogens is 3. The van der Waals surface area contributed by atoms with Crippen LogP contribution in [0.4, 0.5) is 19.0 Å². The van der Waals surface area contributed by atoms with Crippen LogP contribution in [0.15, 0.2) is 12.1 Å². The second-order valence-electron chi connectivity index (χ2n) is 5.16. The Hall–Kier alpha value is -1.34. The summed E-state index contributed by atoms with van der Waals surface area (Å²) in [5.74, 6) is 0.367. The van der Waals surface area contributed by atoms with Gasteiger partial charge in [0.15, 0.2) is 0 Å². The molecule has 1 aromatic heterocycles. The van der Waals surface area contributed by atoms with Crippen molar-refractivity contribution in [3.05, 3.63) is 23.4 Å². The first-order chi connectivity index (χ1) is 9.32. The average molecular weight is 289 g/mol. The van der Waals surface area contributed by atoms with E-state index in [4.69, 9.17) is 5.73 Å². The summed E-state index contributed by atoms with van der Waals surface area (Å²) in [6.45, 7) is 2.88. The molecule has 0 spiro atoms. The van der Waals surface area contributed by atoms with Crippen molar-refractivity contribution in [3.63, 3.8) is 0 Å². The molecule has 0 radical (unpaired) electrons. The van der Waals surface area contributed by atoms with Gasteiger partial charge in [-0.1, -0.05) is 13.0 Å². The van der Waals surface area contributed by atoms with Gasteiger partial charge < -0.3 is 15.7 Å². The predicted molar refractivity (Wildman–Crippen MR) is 69.1 cm³/mol. The fourth-order valence-electron chi connectivity index (χ4n) is 2.31. The van der Waals surface area contributed by atoms with E-state index in [1.165, 1.54) is 6.07 Å². The third kappa shape index (κ3) is 3.04. The smallest absolute Gasteiger partial charge is 0.391 e. The maximum absolute atomic E-state index is 12.7. The molecule has 20 heavy (non-hydrogen) atoms. The highest BCUT2D eigenvalue weighted by Gasteiger charge is 2.34. The van der Waals surface area contributed by atoms with Crippen LogP contribution in [0.5, 0.6) is 0 Å². The molecule has 0 aromatic carbocycles. The number of hydrogen-bond donors (Lipinski definition) is 2. The van der Waals surface area contributed by atoms with Crippen LogP contribution in [-0.2, 0) is 12.7 Å². The van der Waals surface area contributed by atoms with E-state index in [0.717, 1.165) is 6.07 Å². The molecule has 1 aliphatic rings. The third-order valence-electron chi connectivity index (χ3n) is 3.68. The number of aliphatic hydroxyl groups excluding tert-OH is 1. The molecule has 0 aliphatic carbocycles. The highest BCUT2D eigenvalue weighted by molar-refractivity contribution is 5.48. The van der Waals surface area contributed by atoms with Crippen LogP contribution in [0.2, 0.25) is 0 Å². The second kappa shape index (κ2) is 5.57. The molecule has 2 atom stereocenters. The molecular formula is C13H18F3N3O. The van der Waals surface area contributed by atoms with Gasteiger partial charge in [0, 0.05) is 25.2 Å². The molecule has 1 fully saturated rings. The number of hydrogen-bond acceptors (Lipinski definition) is 4. The van der Waals surface area contributed by atoms with E-state index in [0.29, 0.717) is 18.5 Å². The van der Waals surface area contributed by atoms with Crippen LogP contribution in [0.1, 0.15) is 24.6 Å². The Morgan fingerprint density at radius 2 is 2.15 bits per heavy atom. The fourth-order valence-corrected chi connectivity index (χ4v) is 2.31. The SMILES string of the molecule is CC1CCN(c2nc(C(F)(F)F)ccc2CN)CC1O. The maximum Gasteiger partial charge on any atom is 0.433 e. The molecule has 0 bridgehead atoms. The second-order valence-corrected chi connectivity index (χ2v) is 5.16. The number of aliphatic hydroxyl groups is 1. The monoisotopic (exact) mass is 289 g/mol. The topological polar surface area (TPSA) is 62.4 Å². The zero-order valence-corrected chi connectivity index (χ0v) is 11.2. The predicted octanol–water partition coefficient (Wildman–Crippen LogP) is 1.77. The summed E-state index contributed by atoms with van der Waals surface area (Å²) in [6.07, 6.45) is -4.34. The number of alkyl halides is 3. The lowest BCUT2D eigenvalue weighted by molar-refractivity contribution is -0.141. The Bertz CT molecular complexity index is 478. The van der Waals surface area contributed by atoms with Gasteiger partial charge in [-0.25, -0.2) is 4.98 Å². The molecule has 3 N–H and O–H groups in total. The summed E-state index contributed by atoms with van der Waals surface area (Å²) in [7, 11) is 0. The standard InChI is InChI=1S/C13H18F3N3O/c1-8-4-5-19(7-10(8)20)12-9(6-17)2-3-11(18-12)13(14,15)16/h2-3,8,10,20H,4-7,17H2,1H3. The molecule has 1 aliphatic heterocycles. The number of anilines is 1. The van der Waals surface area contributed by atoms with Crippen molar-refractivity contribution >= 4 is 5.82 Å². The number of nitrogens with zero attached hydrogens (tertiary/aromatic N) is 2. The van der Waals surface area contributed by atoms with E-state index in [2.05, 4.69) is 4.98 Å². The van der Waals surface area contributed by atoms with Gasteiger partial charge in [0.1, 0.15) is 11.5 Å². The van der Waals surface area contributed by atoms with Crippen molar-refractivity contribution in [2.75, 3.05) is 18.0 Å². The molecule has 2 heterocycles. The summed E-state index contributed by atoms with van der Waals surface area (Å²) < 4.78 is 38.2. The highest BCUT2D eigenvalue weighted by Crippen LogP contribution is 2.31. The quantitative estimate of drug-likeness (QED) is 0.871. The Balaban J connectivity index is 2.34. The van der Waals surface area contributed by atoms with Gasteiger partial charge >= 0.3 is 6.18 Å². The number of β-amino-alcohol motifs (C(OH)–C–C–N with tert-alkyl or cyclic N) is 1. The molecule has 7 heteroatoms. The summed E-state index contributed by atoms with van der Waals surface area (Å²) in [5.41, 5.74) is 5.19. The van der Waals surface area contributed by atoms with E-state index in [1.807, 2.05) is 6.92 Å². The lowest BCUT2D eigenvalue weighted by atomic mass is 9.96. The van der Waals surface area contributed by atoms with E-state index >= 15 is 0 Å². The minimum atomic E-state index is -4.48. The van der Waals surface area contributed by atoms with Gasteiger partial charge in [-0.15, -0.1) is 0 Å². The summed E-state index contributed by atoms with van der Waals surface area (Å²) in [6, 6.07) is 2.30. The van der Waals surface area contributed by atoms with Gasteiger partial charge in [-0.3, -0.25) is 0 Å². The zero-order valence-electron chi connectivity index (χ0n) is 11.2. The summed E-state index contributed by atoms with van der Waals surface area (Å²) in [5, 5.41) is 9.88. The Morgan fingerprint density at radius 1 is 1.45 bits per heavy atom. The first-order valence-corrected chi connectivity index (χ1v) is 6.53. The molecular weight excluding hydrogens is 271 g/mol. The van der Waals surface area contributed by atoms with Crippen LogP contribution in [0.25, 0.3) is 0 Å². The van der Waals surface area contributed by atoms with Gasteiger partial charge in [0.05, 0.1) is 6.10 Å². The van der Waals surface area contributed by atoms with Crippen molar-refractivity contribution in [3.8, 4) is 0 Å². The Labute approximate surface area is 115 Å². The normalized spacial score (nSPS) is 24.0. The summed E-state index contributed by atoms with van der Waals surface area (Å²) in [4.78, 5) is 5.39.